The molecule has 2 saturated carbocycles. The summed E-state index contributed by atoms with van der Waals surface area (Å²) >= 11 is 1.65. The van der Waals surface area contributed by atoms with E-state index in [9.17, 15) is 5.11 Å². The topological polar surface area (TPSA) is 110 Å². The average molecular weight is 397 g/mol. The van der Waals surface area contributed by atoms with Crippen LogP contribution in [-0.2, 0) is 0 Å². The van der Waals surface area contributed by atoms with Crippen LogP contribution in [0, 0.1) is 12.8 Å². The number of fused-ring (bicyclic) bond motifs is 1. The molecule has 0 saturated heterocycles. The molecule has 0 spiro atoms. The molecule has 2 aliphatic carbocycles. The summed E-state index contributed by atoms with van der Waals surface area (Å²) < 4.78 is 1.15. The van der Waals surface area contributed by atoms with Crippen molar-refractivity contribution in [2.24, 2.45) is 5.92 Å². The van der Waals surface area contributed by atoms with Crippen molar-refractivity contribution in [3.63, 3.8) is 0 Å². The van der Waals surface area contributed by atoms with Crippen LogP contribution in [0.1, 0.15) is 49.4 Å². The minimum Gasteiger partial charge on any atom is -0.396 e. The molecule has 3 aromatic rings. The zero-order chi connectivity index (χ0) is 19.3. The molecule has 3 aromatic heterocycles. The van der Waals surface area contributed by atoms with E-state index >= 15 is 0 Å². The number of rotatable bonds is 5. The lowest BCUT2D eigenvalue weighted by atomic mass is 10.1. The molecule has 8 heteroatoms. The fourth-order valence-electron chi connectivity index (χ4n) is 4.16. The van der Waals surface area contributed by atoms with Gasteiger partial charge in [0.2, 0.25) is 5.95 Å². The van der Waals surface area contributed by atoms with Crippen LogP contribution in [0.25, 0.3) is 20.8 Å². The van der Waals surface area contributed by atoms with Crippen LogP contribution in [0.2, 0.25) is 0 Å². The van der Waals surface area contributed by atoms with Crippen LogP contribution in [0.3, 0.4) is 0 Å². The number of aromatic nitrogens is 4. The maximum atomic E-state index is 9.44. The molecule has 4 N–H and O–H groups in total. The zero-order valence-electron chi connectivity index (χ0n) is 15.9. The summed E-state index contributed by atoms with van der Waals surface area (Å²) in [5.41, 5.74) is 9.82. The van der Waals surface area contributed by atoms with Gasteiger partial charge in [-0.25, -0.2) is 9.97 Å². The molecular weight excluding hydrogens is 372 g/mol. The van der Waals surface area contributed by atoms with Crippen LogP contribution in [0.4, 0.5) is 11.8 Å². The minimum absolute atomic E-state index is 0.241. The standard InChI is InChI=1S/C20H24N6OS/c1-10-15(18(26-20(21)23-10)24-13-5-2-11(8-13)9-27)19-25-17-14(28-19)6-7-22-16(17)12-3-4-12/h6-7,11-13,27H,2-5,8-9H2,1H3,(H3,21,23,24,26). The van der Waals surface area contributed by atoms with E-state index in [2.05, 4.69) is 20.3 Å². The van der Waals surface area contributed by atoms with Gasteiger partial charge in [-0.15, -0.1) is 11.3 Å². The Morgan fingerprint density at radius 3 is 2.82 bits per heavy atom. The number of thiazole rings is 1. The molecule has 2 aliphatic rings. The lowest BCUT2D eigenvalue weighted by Gasteiger charge is -2.17. The number of aliphatic hydroxyl groups excluding tert-OH is 1. The molecule has 0 aromatic carbocycles. The molecule has 0 bridgehead atoms. The number of nitrogen functional groups attached to an aromatic ring is 1. The predicted molar refractivity (Wildman–Crippen MR) is 111 cm³/mol. The Morgan fingerprint density at radius 2 is 2.07 bits per heavy atom. The number of hydrogen-bond donors (Lipinski definition) is 3. The van der Waals surface area contributed by atoms with E-state index in [4.69, 9.17) is 10.7 Å². The highest BCUT2D eigenvalue weighted by Gasteiger charge is 2.29. The van der Waals surface area contributed by atoms with Crippen LogP contribution in [-0.4, -0.2) is 37.7 Å². The number of aliphatic hydroxyl groups is 1. The van der Waals surface area contributed by atoms with Crippen LogP contribution in [0.5, 0.6) is 0 Å². The monoisotopic (exact) mass is 396 g/mol. The Hall–Kier alpha value is -2.32. The third-order valence-electron chi connectivity index (χ3n) is 5.76. The van der Waals surface area contributed by atoms with Gasteiger partial charge in [0.1, 0.15) is 16.3 Å². The molecule has 7 nitrogen and oxygen atoms in total. The molecular formula is C20H24N6OS. The molecule has 0 aliphatic heterocycles. The number of nitrogens with one attached hydrogen (secondary N) is 1. The van der Waals surface area contributed by atoms with Crippen LogP contribution >= 0.6 is 11.3 Å². The van der Waals surface area contributed by atoms with Crippen LogP contribution < -0.4 is 11.1 Å². The average Bonchev–Trinajstić information content (AvgIpc) is 3.26. The second-order valence-electron chi connectivity index (χ2n) is 7.93. The molecule has 2 atom stereocenters. The number of nitrogens with zero attached hydrogens (tertiary/aromatic N) is 4. The molecule has 3 heterocycles. The van der Waals surface area contributed by atoms with Gasteiger partial charge in [-0.05, 0) is 51.0 Å². The second kappa shape index (κ2) is 6.93. The zero-order valence-corrected chi connectivity index (χ0v) is 16.7. The van der Waals surface area contributed by atoms with E-state index in [1.807, 2.05) is 19.2 Å². The first-order valence-corrected chi connectivity index (χ1v) is 10.7. The number of anilines is 2. The summed E-state index contributed by atoms with van der Waals surface area (Å²) in [6.45, 7) is 2.20. The predicted octanol–water partition coefficient (Wildman–Crippen LogP) is 3.49. The first kappa shape index (κ1) is 17.8. The Balaban J connectivity index is 1.56. The highest BCUT2D eigenvalue weighted by atomic mass is 32.1. The highest BCUT2D eigenvalue weighted by Crippen LogP contribution is 2.44. The summed E-state index contributed by atoms with van der Waals surface area (Å²) in [7, 11) is 0. The van der Waals surface area contributed by atoms with Gasteiger partial charge in [-0.2, -0.15) is 4.98 Å². The van der Waals surface area contributed by atoms with E-state index in [1.165, 1.54) is 12.8 Å². The number of pyridine rings is 1. The van der Waals surface area contributed by atoms with E-state index < -0.39 is 0 Å². The Kier molecular flexibility index (Phi) is 4.40. The van der Waals surface area contributed by atoms with E-state index in [-0.39, 0.29) is 18.6 Å². The molecule has 0 amide bonds. The van der Waals surface area contributed by atoms with Gasteiger partial charge in [-0.3, -0.25) is 4.98 Å². The summed E-state index contributed by atoms with van der Waals surface area (Å²) in [5, 5.41) is 13.9. The quantitative estimate of drug-likeness (QED) is 0.605. The van der Waals surface area contributed by atoms with E-state index in [0.29, 0.717) is 11.8 Å². The van der Waals surface area contributed by atoms with E-state index in [0.717, 1.165) is 57.3 Å². The normalized spacial score (nSPS) is 22.1. The van der Waals surface area contributed by atoms with Gasteiger partial charge in [0.15, 0.2) is 0 Å². The van der Waals surface area contributed by atoms with Crippen molar-refractivity contribution in [1.82, 2.24) is 19.9 Å². The lowest BCUT2D eigenvalue weighted by Crippen LogP contribution is -2.19. The highest BCUT2D eigenvalue weighted by molar-refractivity contribution is 7.21. The van der Waals surface area contributed by atoms with Gasteiger partial charge >= 0.3 is 0 Å². The smallest absolute Gasteiger partial charge is 0.222 e. The summed E-state index contributed by atoms with van der Waals surface area (Å²) in [6.07, 6.45) is 7.27. The second-order valence-corrected chi connectivity index (χ2v) is 8.96. The molecule has 2 fully saturated rings. The summed E-state index contributed by atoms with van der Waals surface area (Å²) in [5.74, 6) is 1.92. The van der Waals surface area contributed by atoms with Gasteiger partial charge in [0, 0.05) is 24.8 Å². The Morgan fingerprint density at radius 1 is 1.21 bits per heavy atom. The molecule has 146 valence electrons. The molecule has 28 heavy (non-hydrogen) atoms. The maximum absolute atomic E-state index is 9.44. The Labute approximate surface area is 167 Å². The minimum atomic E-state index is 0.241. The van der Waals surface area contributed by atoms with Crippen molar-refractivity contribution in [3.05, 3.63) is 23.7 Å². The Bertz CT molecular complexity index is 1030. The fraction of sp³-hybridized carbons (Fsp3) is 0.500. The summed E-state index contributed by atoms with van der Waals surface area (Å²) in [4.78, 5) is 18.4. The van der Waals surface area contributed by atoms with Gasteiger partial charge in [0.05, 0.1) is 21.7 Å². The number of hydrogen-bond acceptors (Lipinski definition) is 8. The first-order valence-electron chi connectivity index (χ1n) is 9.89. The van der Waals surface area contributed by atoms with Crippen molar-refractivity contribution < 1.29 is 5.11 Å². The summed E-state index contributed by atoms with van der Waals surface area (Å²) in [6, 6.07) is 2.31. The third-order valence-corrected chi connectivity index (χ3v) is 6.80. The largest absolute Gasteiger partial charge is 0.396 e. The molecule has 5 rings (SSSR count). The van der Waals surface area contributed by atoms with Gasteiger partial charge < -0.3 is 16.2 Å². The van der Waals surface area contributed by atoms with E-state index in [1.54, 1.807) is 11.3 Å². The van der Waals surface area contributed by atoms with Crippen molar-refractivity contribution in [1.29, 1.82) is 0 Å². The first-order chi connectivity index (χ1) is 13.6. The molecule has 2 unspecified atom stereocenters. The van der Waals surface area contributed by atoms with Crippen molar-refractivity contribution in [2.45, 2.75) is 51.0 Å². The van der Waals surface area contributed by atoms with Crippen molar-refractivity contribution >= 4 is 33.3 Å². The maximum Gasteiger partial charge on any atom is 0.222 e. The van der Waals surface area contributed by atoms with Crippen molar-refractivity contribution in [2.75, 3.05) is 17.7 Å². The fourth-order valence-corrected chi connectivity index (χ4v) is 5.22. The van der Waals surface area contributed by atoms with Crippen LogP contribution in [0.15, 0.2) is 12.3 Å². The molecule has 0 radical (unpaired) electrons. The van der Waals surface area contributed by atoms with Crippen molar-refractivity contribution in [3.8, 4) is 10.6 Å². The van der Waals surface area contributed by atoms with Gasteiger partial charge in [-0.1, -0.05) is 0 Å². The number of aryl methyl sites for hydroxylation is 1. The van der Waals surface area contributed by atoms with Gasteiger partial charge in [0.25, 0.3) is 0 Å². The lowest BCUT2D eigenvalue weighted by molar-refractivity contribution is 0.229. The number of nitrogens with two attached hydrogens (primary N) is 1. The SMILES string of the molecule is Cc1nc(N)nc(NC2CCC(CO)C2)c1-c1nc2c(C3CC3)nccc2s1. The third kappa shape index (κ3) is 3.20.